The lowest BCUT2D eigenvalue weighted by molar-refractivity contribution is 0.781. The average Bonchev–Trinajstić information content (AvgIpc) is 2.74. The van der Waals surface area contributed by atoms with Gasteiger partial charge >= 0.3 is 0 Å². The summed E-state index contributed by atoms with van der Waals surface area (Å²) < 4.78 is 2.35. The highest BCUT2D eigenvalue weighted by Gasteiger charge is 2.17. The van der Waals surface area contributed by atoms with E-state index in [1.54, 1.807) is 0 Å². The first-order valence-electron chi connectivity index (χ1n) is 5.08. The highest BCUT2D eigenvalue weighted by molar-refractivity contribution is 14.1. The molecule has 0 heterocycles. The summed E-state index contributed by atoms with van der Waals surface area (Å²) in [6, 6.07) is 6.39. The van der Waals surface area contributed by atoms with Gasteiger partial charge in [-0.2, -0.15) is 0 Å². The van der Waals surface area contributed by atoms with Gasteiger partial charge < -0.3 is 5.73 Å². The van der Waals surface area contributed by atoms with E-state index in [0.717, 1.165) is 10.9 Å². The Bertz CT molecular complexity index is 401. The number of hydrogen-bond donors (Lipinski definition) is 1. The van der Waals surface area contributed by atoms with Crippen molar-refractivity contribution in [3.63, 3.8) is 0 Å². The summed E-state index contributed by atoms with van der Waals surface area (Å²) in [5, 5.41) is 0. The van der Waals surface area contributed by atoms with Crippen LogP contribution in [0, 0.1) is 3.57 Å². The molecule has 1 aliphatic rings. The minimum Gasteiger partial charge on any atom is -0.321 e. The molecule has 0 saturated heterocycles. The highest BCUT2D eigenvalue weighted by atomic mass is 127. The molecular formula is C12H13BrIN. The third-order valence-corrected chi connectivity index (χ3v) is 4.16. The van der Waals surface area contributed by atoms with E-state index in [1.165, 1.54) is 27.5 Å². The van der Waals surface area contributed by atoms with E-state index in [2.05, 4.69) is 62.8 Å². The van der Waals surface area contributed by atoms with E-state index < -0.39 is 0 Å². The summed E-state index contributed by atoms with van der Waals surface area (Å²) in [6.07, 6.45) is 5.88. The van der Waals surface area contributed by atoms with Crippen LogP contribution in [0.4, 0.5) is 0 Å². The first-order valence-corrected chi connectivity index (χ1v) is 6.95. The molecule has 2 N–H and O–H groups in total. The third kappa shape index (κ3) is 2.63. The van der Waals surface area contributed by atoms with E-state index >= 15 is 0 Å². The Morgan fingerprint density at radius 3 is 2.87 bits per heavy atom. The molecule has 0 bridgehead atoms. The van der Waals surface area contributed by atoms with Crippen LogP contribution >= 0.6 is 38.5 Å². The molecule has 1 atom stereocenters. The van der Waals surface area contributed by atoms with Crippen molar-refractivity contribution < 1.29 is 0 Å². The van der Waals surface area contributed by atoms with E-state index in [0.29, 0.717) is 0 Å². The monoisotopic (exact) mass is 377 g/mol. The van der Waals surface area contributed by atoms with Crippen molar-refractivity contribution >= 4 is 38.5 Å². The molecule has 0 aromatic heterocycles. The first kappa shape index (κ1) is 11.6. The van der Waals surface area contributed by atoms with E-state index in [4.69, 9.17) is 5.73 Å². The second-order valence-electron chi connectivity index (χ2n) is 3.81. The van der Waals surface area contributed by atoms with Gasteiger partial charge in [0.2, 0.25) is 0 Å². The van der Waals surface area contributed by atoms with Crippen LogP contribution in [0.3, 0.4) is 0 Å². The fraction of sp³-hybridized carbons (Fsp3) is 0.333. The summed E-state index contributed by atoms with van der Waals surface area (Å²) in [4.78, 5) is 0. The highest BCUT2D eigenvalue weighted by Crippen LogP contribution is 2.33. The van der Waals surface area contributed by atoms with Crippen molar-refractivity contribution in [2.45, 2.75) is 25.3 Å². The van der Waals surface area contributed by atoms with E-state index in [1.807, 2.05) is 0 Å². The average molecular weight is 378 g/mol. The van der Waals surface area contributed by atoms with Crippen LogP contribution < -0.4 is 5.73 Å². The van der Waals surface area contributed by atoms with Gasteiger partial charge in [-0.1, -0.05) is 27.6 Å². The fourth-order valence-electron chi connectivity index (χ4n) is 1.93. The summed E-state index contributed by atoms with van der Waals surface area (Å²) in [5.41, 5.74) is 8.86. The van der Waals surface area contributed by atoms with Gasteiger partial charge in [0.05, 0.1) is 6.04 Å². The zero-order valence-electron chi connectivity index (χ0n) is 8.34. The molecule has 0 fully saturated rings. The SMILES string of the molecule is NC(C1=CCCC1)c1cc(I)ccc1Br. The molecule has 0 amide bonds. The Morgan fingerprint density at radius 1 is 1.40 bits per heavy atom. The fourth-order valence-corrected chi connectivity index (χ4v) is 2.94. The number of halogens is 2. The number of rotatable bonds is 2. The molecule has 0 radical (unpaired) electrons. The molecule has 2 rings (SSSR count). The van der Waals surface area contributed by atoms with Gasteiger partial charge in [-0.05, 0) is 65.6 Å². The summed E-state index contributed by atoms with van der Waals surface area (Å²) in [5.74, 6) is 0. The van der Waals surface area contributed by atoms with Crippen LogP contribution in [-0.2, 0) is 0 Å². The van der Waals surface area contributed by atoms with E-state index in [9.17, 15) is 0 Å². The largest absolute Gasteiger partial charge is 0.321 e. The van der Waals surface area contributed by atoms with Crippen molar-refractivity contribution in [1.29, 1.82) is 0 Å². The van der Waals surface area contributed by atoms with E-state index in [-0.39, 0.29) is 6.04 Å². The Kier molecular flexibility index (Phi) is 3.85. The summed E-state index contributed by atoms with van der Waals surface area (Å²) in [6.45, 7) is 0. The molecule has 0 spiro atoms. The molecule has 1 aromatic rings. The molecule has 1 unspecified atom stereocenters. The van der Waals surface area contributed by atoms with Gasteiger partial charge in [0.15, 0.2) is 0 Å². The molecule has 1 aliphatic carbocycles. The van der Waals surface area contributed by atoms with Gasteiger partial charge in [-0.25, -0.2) is 0 Å². The standard InChI is InChI=1S/C12H13BrIN/c13-11-6-5-9(14)7-10(11)12(15)8-3-1-2-4-8/h3,5-7,12H,1-2,4,15H2. The summed E-state index contributed by atoms with van der Waals surface area (Å²) in [7, 11) is 0. The van der Waals surface area contributed by atoms with Gasteiger partial charge in [0.1, 0.15) is 0 Å². The number of nitrogens with two attached hydrogens (primary N) is 1. The van der Waals surface area contributed by atoms with Crippen LogP contribution in [0.5, 0.6) is 0 Å². The van der Waals surface area contributed by atoms with Gasteiger partial charge in [0.25, 0.3) is 0 Å². The predicted octanol–water partition coefficient (Wildman–Crippen LogP) is 4.16. The quantitative estimate of drug-likeness (QED) is 0.607. The van der Waals surface area contributed by atoms with Crippen molar-refractivity contribution in [3.05, 3.63) is 43.5 Å². The zero-order chi connectivity index (χ0) is 10.8. The minimum atomic E-state index is 0.0663. The molecule has 0 aliphatic heterocycles. The minimum absolute atomic E-state index is 0.0663. The van der Waals surface area contributed by atoms with Crippen molar-refractivity contribution in [2.75, 3.05) is 0 Å². The van der Waals surface area contributed by atoms with Gasteiger partial charge in [-0.15, -0.1) is 0 Å². The first-order chi connectivity index (χ1) is 7.18. The maximum atomic E-state index is 6.27. The van der Waals surface area contributed by atoms with Crippen LogP contribution in [0.1, 0.15) is 30.9 Å². The topological polar surface area (TPSA) is 26.0 Å². The second-order valence-corrected chi connectivity index (χ2v) is 5.91. The van der Waals surface area contributed by atoms with Crippen LogP contribution in [0.15, 0.2) is 34.3 Å². The lowest BCUT2D eigenvalue weighted by atomic mass is 9.99. The van der Waals surface area contributed by atoms with Crippen molar-refractivity contribution in [1.82, 2.24) is 0 Å². The maximum Gasteiger partial charge on any atom is 0.0522 e. The Labute approximate surface area is 112 Å². The Balaban J connectivity index is 2.31. The molecule has 1 aromatic carbocycles. The van der Waals surface area contributed by atoms with Crippen molar-refractivity contribution in [3.8, 4) is 0 Å². The number of benzene rings is 1. The van der Waals surface area contributed by atoms with Crippen LogP contribution in [0.2, 0.25) is 0 Å². The van der Waals surface area contributed by atoms with Gasteiger partial charge in [-0.3, -0.25) is 0 Å². The third-order valence-electron chi connectivity index (χ3n) is 2.77. The normalized spacial score (nSPS) is 17.7. The van der Waals surface area contributed by atoms with Crippen LogP contribution in [-0.4, -0.2) is 0 Å². The lowest BCUT2D eigenvalue weighted by Gasteiger charge is -2.15. The molecule has 0 saturated carbocycles. The van der Waals surface area contributed by atoms with Gasteiger partial charge in [0, 0.05) is 8.04 Å². The molecule has 3 heteroatoms. The molecular weight excluding hydrogens is 365 g/mol. The Hall–Kier alpha value is 0.130. The predicted molar refractivity (Wildman–Crippen MR) is 75.7 cm³/mol. The smallest absolute Gasteiger partial charge is 0.0522 e. The second kappa shape index (κ2) is 4.97. The zero-order valence-corrected chi connectivity index (χ0v) is 12.1. The van der Waals surface area contributed by atoms with Crippen LogP contribution in [0.25, 0.3) is 0 Å². The van der Waals surface area contributed by atoms with Crippen molar-refractivity contribution in [2.24, 2.45) is 5.73 Å². The molecule has 80 valence electrons. The Morgan fingerprint density at radius 2 is 2.20 bits per heavy atom. The molecule has 15 heavy (non-hydrogen) atoms. The molecule has 1 nitrogen and oxygen atoms in total. The maximum absolute atomic E-state index is 6.27. The number of hydrogen-bond acceptors (Lipinski definition) is 1. The summed E-state index contributed by atoms with van der Waals surface area (Å²) >= 11 is 5.89. The number of allylic oxidation sites excluding steroid dienone is 1. The lowest BCUT2D eigenvalue weighted by Crippen LogP contribution is -2.13.